The number of hydrogen-bond donors (Lipinski definition) is 1. The molecule has 0 amide bonds. The van der Waals surface area contributed by atoms with Gasteiger partial charge in [0.1, 0.15) is 5.75 Å². The average molecular weight is 274 g/mol. The third kappa shape index (κ3) is 6.81. The van der Waals surface area contributed by atoms with E-state index in [1.54, 1.807) is 0 Å². The summed E-state index contributed by atoms with van der Waals surface area (Å²) in [5.74, 6) is 3.75. The first-order valence-electron chi connectivity index (χ1n) is 5.88. The van der Waals surface area contributed by atoms with Crippen LogP contribution in [0.1, 0.15) is 13.3 Å². The molecule has 0 fully saturated rings. The fourth-order valence-electron chi connectivity index (χ4n) is 1.23. The summed E-state index contributed by atoms with van der Waals surface area (Å²) in [5.41, 5.74) is 5.55. The van der Waals surface area contributed by atoms with Crippen molar-refractivity contribution in [1.82, 2.24) is 0 Å². The molecule has 2 nitrogen and oxygen atoms in total. The molecule has 17 heavy (non-hydrogen) atoms. The summed E-state index contributed by atoms with van der Waals surface area (Å²) in [6.45, 7) is 3.71. The molecule has 0 aliphatic rings. The number of hydrogen-bond acceptors (Lipinski definition) is 3. The van der Waals surface area contributed by atoms with Gasteiger partial charge < -0.3 is 10.5 Å². The normalized spacial score (nSPS) is 12.4. The molecule has 0 aliphatic carbocycles. The first kappa shape index (κ1) is 14.7. The van der Waals surface area contributed by atoms with Crippen molar-refractivity contribution in [3.63, 3.8) is 0 Å². The Kier molecular flexibility index (Phi) is 7.49. The van der Waals surface area contributed by atoms with Crippen molar-refractivity contribution >= 4 is 23.4 Å². The third-order valence-electron chi connectivity index (χ3n) is 2.32. The molecule has 0 aliphatic heterocycles. The molecule has 0 saturated carbocycles. The van der Waals surface area contributed by atoms with Gasteiger partial charge in [-0.25, -0.2) is 0 Å². The lowest BCUT2D eigenvalue weighted by Gasteiger charge is -2.08. The van der Waals surface area contributed by atoms with E-state index in [1.807, 2.05) is 36.0 Å². The van der Waals surface area contributed by atoms with E-state index in [0.717, 1.165) is 41.9 Å². The lowest BCUT2D eigenvalue weighted by Crippen LogP contribution is -2.13. The summed E-state index contributed by atoms with van der Waals surface area (Å²) in [5, 5.41) is 0.740. The second-order valence-corrected chi connectivity index (χ2v) is 5.66. The summed E-state index contributed by atoms with van der Waals surface area (Å²) >= 11 is 7.73. The molecule has 96 valence electrons. The SMILES string of the molecule is CC(CN)CSCCCOc1ccc(Cl)cc1. The van der Waals surface area contributed by atoms with Crippen molar-refractivity contribution in [2.75, 3.05) is 24.7 Å². The van der Waals surface area contributed by atoms with Gasteiger partial charge in [0.05, 0.1) is 6.61 Å². The van der Waals surface area contributed by atoms with Gasteiger partial charge in [-0.05, 0) is 54.7 Å². The molecule has 1 aromatic rings. The zero-order chi connectivity index (χ0) is 12.5. The Hall–Kier alpha value is -0.380. The minimum absolute atomic E-state index is 0.609. The molecule has 0 aromatic heterocycles. The fourth-order valence-corrected chi connectivity index (χ4v) is 2.39. The number of benzene rings is 1. The van der Waals surface area contributed by atoms with Crippen LogP contribution in [0.25, 0.3) is 0 Å². The monoisotopic (exact) mass is 273 g/mol. The molecule has 1 unspecified atom stereocenters. The maximum atomic E-state index is 5.79. The molecule has 0 heterocycles. The van der Waals surface area contributed by atoms with E-state index in [4.69, 9.17) is 22.1 Å². The second kappa shape index (κ2) is 8.67. The maximum absolute atomic E-state index is 5.79. The van der Waals surface area contributed by atoms with Crippen LogP contribution in [0.3, 0.4) is 0 Å². The highest BCUT2D eigenvalue weighted by Gasteiger charge is 1.99. The first-order chi connectivity index (χ1) is 8.22. The van der Waals surface area contributed by atoms with Gasteiger partial charge in [-0.1, -0.05) is 18.5 Å². The van der Waals surface area contributed by atoms with Crippen molar-refractivity contribution in [3.8, 4) is 5.75 Å². The van der Waals surface area contributed by atoms with Gasteiger partial charge in [-0.15, -0.1) is 0 Å². The van der Waals surface area contributed by atoms with Crippen molar-refractivity contribution in [3.05, 3.63) is 29.3 Å². The van der Waals surface area contributed by atoms with E-state index in [2.05, 4.69) is 6.92 Å². The Morgan fingerprint density at radius 3 is 2.71 bits per heavy atom. The topological polar surface area (TPSA) is 35.2 Å². The number of ether oxygens (including phenoxy) is 1. The Bertz CT molecular complexity index is 305. The van der Waals surface area contributed by atoms with E-state index >= 15 is 0 Å². The molecule has 1 rings (SSSR count). The van der Waals surface area contributed by atoms with Crippen LogP contribution in [-0.4, -0.2) is 24.7 Å². The van der Waals surface area contributed by atoms with Gasteiger partial charge in [-0.2, -0.15) is 11.8 Å². The van der Waals surface area contributed by atoms with Gasteiger partial charge in [0.15, 0.2) is 0 Å². The van der Waals surface area contributed by atoms with Crippen LogP contribution < -0.4 is 10.5 Å². The summed E-state index contributed by atoms with van der Waals surface area (Å²) < 4.78 is 5.60. The van der Waals surface area contributed by atoms with E-state index in [9.17, 15) is 0 Å². The summed E-state index contributed by atoms with van der Waals surface area (Å²) in [7, 11) is 0. The zero-order valence-electron chi connectivity index (χ0n) is 10.2. The Labute approximate surface area is 113 Å². The van der Waals surface area contributed by atoms with Crippen molar-refractivity contribution in [2.24, 2.45) is 11.7 Å². The molecule has 0 saturated heterocycles. The van der Waals surface area contributed by atoms with Crippen LogP contribution in [-0.2, 0) is 0 Å². The van der Waals surface area contributed by atoms with Gasteiger partial charge in [-0.3, -0.25) is 0 Å². The Morgan fingerprint density at radius 1 is 1.35 bits per heavy atom. The average Bonchev–Trinajstić information content (AvgIpc) is 2.35. The third-order valence-corrected chi connectivity index (χ3v) is 3.95. The van der Waals surface area contributed by atoms with Gasteiger partial charge >= 0.3 is 0 Å². The van der Waals surface area contributed by atoms with Crippen LogP contribution in [0.15, 0.2) is 24.3 Å². The lowest BCUT2D eigenvalue weighted by atomic mass is 10.2. The van der Waals surface area contributed by atoms with E-state index < -0.39 is 0 Å². The molecule has 0 radical (unpaired) electrons. The Morgan fingerprint density at radius 2 is 2.06 bits per heavy atom. The van der Waals surface area contributed by atoms with E-state index in [-0.39, 0.29) is 0 Å². The first-order valence-corrected chi connectivity index (χ1v) is 7.42. The highest BCUT2D eigenvalue weighted by molar-refractivity contribution is 7.99. The zero-order valence-corrected chi connectivity index (χ0v) is 11.8. The van der Waals surface area contributed by atoms with Crippen LogP contribution in [0.5, 0.6) is 5.75 Å². The standard InChI is InChI=1S/C13H20ClNOS/c1-11(9-15)10-17-8-2-7-16-13-5-3-12(14)4-6-13/h3-6,11H,2,7-10,15H2,1H3. The van der Waals surface area contributed by atoms with Gasteiger partial charge in [0.2, 0.25) is 0 Å². The second-order valence-electron chi connectivity index (χ2n) is 4.07. The number of rotatable bonds is 8. The molecule has 0 spiro atoms. The van der Waals surface area contributed by atoms with Crippen LogP contribution in [0, 0.1) is 5.92 Å². The number of nitrogens with two attached hydrogens (primary N) is 1. The molecule has 4 heteroatoms. The number of halogens is 1. The molecular formula is C13H20ClNOS. The summed E-state index contributed by atoms with van der Waals surface area (Å²) in [6, 6.07) is 7.47. The van der Waals surface area contributed by atoms with Crippen molar-refractivity contribution in [1.29, 1.82) is 0 Å². The van der Waals surface area contributed by atoms with Gasteiger partial charge in [0, 0.05) is 5.02 Å². The maximum Gasteiger partial charge on any atom is 0.119 e. The molecule has 2 N–H and O–H groups in total. The highest BCUT2D eigenvalue weighted by atomic mass is 35.5. The minimum Gasteiger partial charge on any atom is -0.494 e. The van der Waals surface area contributed by atoms with Crippen LogP contribution in [0.2, 0.25) is 5.02 Å². The van der Waals surface area contributed by atoms with Gasteiger partial charge in [0.25, 0.3) is 0 Å². The molecule has 1 atom stereocenters. The summed E-state index contributed by atoms with van der Waals surface area (Å²) in [6.07, 6.45) is 1.06. The quantitative estimate of drug-likeness (QED) is 0.737. The van der Waals surface area contributed by atoms with Crippen LogP contribution >= 0.6 is 23.4 Å². The largest absolute Gasteiger partial charge is 0.494 e. The molecular weight excluding hydrogens is 254 g/mol. The van der Waals surface area contributed by atoms with Crippen molar-refractivity contribution < 1.29 is 4.74 Å². The lowest BCUT2D eigenvalue weighted by molar-refractivity contribution is 0.318. The smallest absolute Gasteiger partial charge is 0.119 e. The van der Waals surface area contributed by atoms with E-state index in [1.165, 1.54) is 0 Å². The Balaban J connectivity index is 2.02. The minimum atomic E-state index is 0.609. The molecule has 0 bridgehead atoms. The number of thioether (sulfide) groups is 1. The summed E-state index contributed by atoms with van der Waals surface area (Å²) in [4.78, 5) is 0. The van der Waals surface area contributed by atoms with E-state index in [0.29, 0.717) is 5.92 Å². The predicted octanol–water partition coefficient (Wildman–Crippen LogP) is 3.44. The van der Waals surface area contributed by atoms with Crippen molar-refractivity contribution in [2.45, 2.75) is 13.3 Å². The van der Waals surface area contributed by atoms with Crippen LogP contribution in [0.4, 0.5) is 0 Å². The predicted molar refractivity (Wildman–Crippen MR) is 77.1 cm³/mol. The molecule has 1 aromatic carbocycles. The fraction of sp³-hybridized carbons (Fsp3) is 0.538. The highest BCUT2D eigenvalue weighted by Crippen LogP contribution is 2.16.